The second-order valence-corrected chi connectivity index (χ2v) is 6.06. The van der Waals surface area contributed by atoms with Crippen molar-refractivity contribution < 1.29 is 9.59 Å². The van der Waals surface area contributed by atoms with Gasteiger partial charge in [0.05, 0.1) is 4.88 Å². The number of thiophene rings is 1. The summed E-state index contributed by atoms with van der Waals surface area (Å²) in [4.78, 5) is 27.5. The first-order valence-corrected chi connectivity index (χ1v) is 7.36. The van der Waals surface area contributed by atoms with E-state index in [0.717, 1.165) is 35.7 Å². The molecular formula is C14H19NO2S. The van der Waals surface area contributed by atoms with Crippen LogP contribution in [-0.2, 0) is 4.79 Å². The van der Waals surface area contributed by atoms with Crippen LogP contribution < -0.4 is 0 Å². The normalized spacial score (nSPS) is 15.1. The zero-order valence-corrected chi connectivity index (χ0v) is 11.6. The van der Waals surface area contributed by atoms with Crippen LogP contribution in [0, 0.1) is 6.92 Å². The summed E-state index contributed by atoms with van der Waals surface area (Å²) in [7, 11) is 0. The molecule has 2 rings (SSSR count). The molecule has 2 heterocycles. The zero-order chi connectivity index (χ0) is 13.0. The second-order valence-electron chi connectivity index (χ2n) is 4.77. The number of carbonyl (C=O) groups excluding carboxylic acids is 2. The molecule has 98 valence electrons. The van der Waals surface area contributed by atoms with Gasteiger partial charge in [0.1, 0.15) is 0 Å². The van der Waals surface area contributed by atoms with Gasteiger partial charge in [-0.15, -0.1) is 11.3 Å². The largest absolute Gasteiger partial charge is 0.343 e. The SMILES string of the molecule is Cc1ccc(C(=O)CCCC(=O)N2CCCC2)s1. The minimum atomic E-state index is 0.169. The third-order valence-electron chi connectivity index (χ3n) is 3.27. The highest BCUT2D eigenvalue weighted by Gasteiger charge is 2.17. The van der Waals surface area contributed by atoms with Crippen LogP contribution in [0.15, 0.2) is 12.1 Å². The van der Waals surface area contributed by atoms with Gasteiger partial charge in [-0.3, -0.25) is 9.59 Å². The molecule has 0 bridgehead atoms. The van der Waals surface area contributed by atoms with Crippen molar-refractivity contribution in [2.45, 2.75) is 39.0 Å². The molecule has 1 aromatic rings. The molecule has 18 heavy (non-hydrogen) atoms. The van der Waals surface area contributed by atoms with Crippen LogP contribution >= 0.6 is 11.3 Å². The molecule has 1 saturated heterocycles. The van der Waals surface area contributed by atoms with Gasteiger partial charge in [-0.25, -0.2) is 0 Å². The number of Topliss-reactive ketones (excluding diaryl/α,β-unsaturated/α-hetero) is 1. The zero-order valence-electron chi connectivity index (χ0n) is 10.8. The van der Waals surface area contributed by atoms with Gasteiger partial charge >= 0.3 is 0 Å². The third-order valence-corrected chi connectivity index (χ3v) is 4.31. The summed E-state index contributed by atoms with van der Waals surface area (Å²) in [6.07, 6.45) is 3.92. The Kier molecular flexibility index (Phi) is 4.53. The number of nitrogens with zero attached hydrogens (tertiary/aromatic N) is 1. The fourth-order valence-electron chi connectivity index (χ4n) is 2.23. The van der Waals surface area contributed by atoms with Crippen molar-refractivity contribution in [1.29, 1.82) is 0 Å². The Morgan fingerprint density at radius 2 is 1.94 bits per heavy atom. The first-order chi connectivity index (χ1) is 8.66. The number of rotatable bonds is 5. The van der Waals surface area contributed by atoms with Gasteiger partial charge in [0, 0.05) is 30.8 Å². The highest BCUT2D eigenvalue weighted by molar-refractivity contribution is 7.14. The van der Waals surface area contributed by atoms with E-state index in [1.54, 1.807) is 0 Å². The van der Waals surface area contributed by atoms with Crippen molar-refractivity contribution in [3.8, 4) is 0 Å². The lowest BCUT2D eigenvalue weighted by atomic mass is 10.1. The van der Waals surface area contributed by atoms with E-state index in [2.05, 4.69) is 0 Å². The average molecular weight is 265 g/mol. The smallest absolute Gasteiger partial charge is 0.222 e. The molecule has 0 saturated carbocycles. The van der Waals surface area contributed by atoms with Crippen LogP contribution in [0.1, 0.15) is 46.7 Å². The van der Waals surface area contributed by atoms with Gasteiger partial charge < -0.3 is 4.90 Å². The summed E-state index contributed by atoms with van der Waals surface area (Å²) in [5, 5.41) is 0. The molecule has 1 fully saturated rings. The van der Waals surface area contributed by atoms with Crippen molar-refractivity contribution in [3.05, 3.63) is 21.9 Å². The molecule has 3 nitrogen and oxygen atoms in total. The van der Waals surface area contributed by atoms with Crippen LogP contribution in [0.5, 0.6) is 0 Å². The third kappa shape index (κ3) is 3.42. The maximum Gasteiger partial charge on any atom is 0.222 e. The minimum Gasteiger partial charge on any atom is -0.343 e. The maximum atomic E-state index is 11.8. The summed E-state index contributed by atoms with van der Waals surface area (Å²) in [6.45, 7) is 3.80. The number of ketones is 1. The molecule has 0 N–H and O–H groups in total. The standard InChI is InChI=1S/C14H19NO2S/c1-11-7-8-13(18-11)12(16)5-4-6-14(17)15-9-2-3-10-15/h7-8H,2-6,9-10H2,1H3. The molecule has 1 amide bonds. The average Bonchev–Trinajstić information content (AvgIpc) is 2.99. The van der Waals surface area contributed by atoms with Crippen molar-refractivity contribution in [2.75, 3.05) is 13.1 Å². The predicted octanol–water partition coefficient (Wildman–Crippen LogP) is 3.03. The number of hydrogen-bond donors (Lipinski definition) is 0. The molecule has 4 heteroatoms. The Labute approximate surface area is 112 Å². The molecule has 0 unspecified atom stereocenters. The number of likely N-dealkylation sites (tertiary alicyclic amines) is 1. The van der Waals surface area contributed by atoms with Crippen molar-refractivity contribution in [2.24, 2.45) is 0 Å². The van der Waals surface area contributed by atoms with E-state index in [1.807, 2.05) is 24.0 Å². The lowest BCUT2D eigenvalue weighted by Crippen LogP contribution is -2.27. The van der Waals surface area contributed by atoms with Crippen LogP contribution in [-0.4, -0.2) is 29.7 Å². The van der Waals surface area contributed by atoms with Crippen LogP contribution in [0.25, 0.3) is 0 Å². The fraction of sp³-hybridized carbons (Fsp3) is 0.571. The van der Waals surface area contributed by atoms with Crippen LogP contribution in [0.3, 0.4) is 0 Å². The highest BCUT2D eigenvalue weighted by atomic mass is 32.1. The van der Waals surface area contributed by atoms with Crippen molar-refractivity contribution >= 4 is 23.0 Å². The summed E-state index contributed by atoms with van der Waals surface area (Å²) < 4.78 is 0. The van der Waals surface area contributed by atoms with Gasteiger partial charge in [0.2, 0.25) is 5.91 Å². The van der Waals surface area contributed by atoms with E-state index in [0.29, 0.717) is 19.3 Å². The molecule has 0 atom stereocenters. The second kappa shape index (κ2) is 6.14. The monoisotopic (exact) mass is 265 g/mol. The lowest BCUT2D eigenvalue weighted by Gasteiger charge is -2.14. The number of aryl methyl sites for hydroxylation is 1. The Balaban J connectivity index is 1.71. The topological polar surface area (TPSA) is 37.4 Å². The molecule has 0 spiro atoms. The number of carbonyl (C=O) groups is 2. The van der Waals surface area contributed by atoms with Gasteiger partial charge in [-0.2, -0.15) is 0 Å². The predicted molar refractivity (Wildman–Crippen MR) is 73.1 cm³/mol. The van der Waals surface area contributed by atoms with E-state index >= 15 is 0 Å². The molecule has 1 aromatic heterocycles. The molecular weight excluding hydrogens is 246 g/mol. The highest BCUT2D eigenvalue weighted by Crippen LogP contribution is 2.18. The first-order valence-electron chi connectivity index (χ1n) is 6.54. The van der Waals surface area contributed by atoms with E-state index in [9.17, 15) is 9.59 Å². The summed E-state index contributed by atoms with van der Waals surface area (Å²) >= 11 is 1.54. The van der Waals surface area contributed by atoms with Gasteiger partial charge in [-0.1, -0.05) is 0 Å². The van der Waals surface area contributed by atoms with Crippen LogP contribution in [0.2, 0.25) is 0 Å². The van der Waals surface area contributed by atoms with Gasteiger partial charge in [0.15, 0.2) is 5.78 Å². The lowest BCUT2D eigenvalue weighted by molar-refractivity contribution is -0.130. The molecule has 1 aliphatic rings. The van der Waals surface area contributed by atoms with Crippen molar-refractivity contribution in [3.63, 3.8) is 0 Å². The molecule has 1 aliphatic heterocycles. The summed E-state index contributed by atoms with van der Waals surface area (Å²) in [5.41, 5.74) is 0. The molecule has 0 aromatic carbocycles. The van der Waals surface area contributed by atoms with E-state index in [4.69, 9.17) is 0 Å². The number of hydrogen-bond acceptors (Lipinski definition) is 3. The Morgan fingerprint density at radius 1 is 1.22 bits per heavy atom. The van der Waals surface area contributed by atoms with E-state index < -0.39 is 0 Å². The summed E-state index contributed by atoms with van der Waals surface area (Å²) in [5.74, 6) is 0.380. The molecule has 0 aliphatic carbocycles. The minimum absolute atomic E-state index is 0.169. The maximum absolute atomic E-state index is 11.8. The van der Waals surface area contributed by atoms with E-state index in [1.165, 1.54) is 11.3 Å². The molecule has 0 radical (unpaired) electrons. The van der Waals surface area contributed by atoms with E-state index in [-0.39, 0.29) is 11.7 Å². The summed E-state index contributed by atoms with van der Waals surface area (Å²) in [6, 6.07) is 3.85. The Bertz CT molecular complexity index is 433. The van der Waals surface area contributed by atoms with Crippen LogP contribution in [0.4, 0.5) is 0 Å². The Morgan fingerprint density at radius 3 is 2.56 bits per heavy atom. The fourth-order valence-corrected chi connectivity index (χ4v) is 3.07. The van der Waals surface area contributed by atoms with Gasteiger partial charge in [0.25, 0.3) is 0 Å². The van der Waals surface area contributed by atoms with Crippen molar-refractivity contribution in [1.82, 2.24) is 4.90 Å². The Hall–Kier alpha value is -1.16. The first kappa shape index (κ1) is 13.3. The number of amides is 1. The van der Waals surface area contributed by atoms with Gasteiger partial charge in [-0.05, 0) is 38.3 Å². The quantitative estimate of drug-likeness (QED) is 0.767.